The van der Waals surface area contributed by atoms with Gasteiger partial charge in [0.25, 0.3) is 0 Å². The predicted octanol–water partition coefficient (Wildman–Crippen LogP) is 2.94. The van der Waals surface area contributed by atoms with E-state index in [-0.39, 0.29) is 5.12 Å². The maximum atomic E-state index is 11.4. The van der Waals surface area contributed by atoms with Gasteiger partial charge in [-0.05, 0) is 35.5 Å². The molecule has 0 radical (unpaired) electrons. The number of rotatable bonds is 1. The lowest BCUT2D eigenvalue weighted by Crippen LogP contribution is -2.09. The molecule has 0 spiro atoms. The standard InChI is InChI=1S/C10H6BrNOS2/c11-7-3-1-2-6(4-7)5-8-9(13)15-10(14)12-8/h1-5H,(H,12,14). The van der Waals surface area contributed by atoms with Gasteiger partial charge in [-0.25, -0.2) is 0 Å². The number of carbonyl (C=O) groups is 1. The van der Waals surface area contributed by atoms with E-state index in [1.54, 1.807) is 6.08 Å². The summed E-state index contributed by atoms with van der Waals surface area (Å²) in [6.45, 7) is 0. The average molecular weight is 300 g/mol. The Kier molecular flexibility index (Phi) is 3.23. The van der Waals surface area contributed by atoms with Crippen LogP contribution in [0.25, 0.3) is 6.08 Å². The highest BCUT2D eigenvalue weighted by Crippen LogP contribution is 2.21. The topological polar surface area (TPSA) is 29.1 Å². The number of thiocarbonyl (C=S) groups is 1. The molecule has 2 nitrogen and oxygen atoms in total. The van der Waals surface area contributed by atoms with Gasteiger partial charge in [0.2, 0.25) is 5.12 Å². The third-order valence-corrected chi connectivity index (χ3v) is 3.34. The van der Waals surface area contributed by atoms with Gasteiger partial charge in [0.05, 0.1) is 5.70 Å². The molecule has 1 aromatic rings. The summed E-state index contributed by atoms with van der Waals surface area (Å²) < 4.78 is 1.50. The van der Waals surface area contributed by atoms with Gasteiger partial charge in [-0.2, -0.15) is 0 Å². The van der Waals surface area contributed by atoms with Gasteiger partial charge in [0, 0.05) is 4.47 Å². The lowest BCUT2D eigenvalue weighted by molar-refractivity contribution is -0.107. The van der Waals surface area contributed by atoms with Crippen molar-refractivity contribution >= 4 is 55.4 Å². The molecule has 1 saturated heterocycles. The molecule has 1 fully saturated rings. The molecule has 5 heteroatoms. The summed E-state index contributed by atoms with van der Waals surface area (Å²) in [6, 6.07) is 7.72. The molecule has 76 valence electrons. The Labute approximate surface area is 105 Å². The van der Waals surface area contributed by atoms with Gasteiger partial charge in [-0.1, -0.05) is 40.3 Å². The van der Waals surface area contributed by atoms with Crippen LogP contribution in [0, 0.1) is 0 Å². The third-order valence-electron chi connectivity index (χ3n) is 1.80. The first-order valence-electron chi connectivity index (χ1n) is 4.15. The molecule has 0 aromatic heterocycles. The molecule has 0 unspecified atom stereocenters. The smallest absolute Gasteiger partial charge is 0.242 e. The van der Waals surface area contributed by atoms with Crippen molar-refractivity contribution in [2.45, 2.75) is 0 Å². The number of hydrogen-bond donors (Lipinski definition) is 1. The van der Waals surface area contributed by atoms with Gasteiger partial charge < -0.3 is 5.32 Å². The molecule has 1 aliphatic heterocycles. The maximum Gasteiger partial charge on any atom is 0.242 e. The zero-order valence-electron chi connectivity index (χ0n) is 7.49. The highest BCUT2D eigenvalue weighted by molar-refractivity contribution is 9.10. The predicted molar refractivity (Wildman–Crippen MR) is 70.5 cm³/mol. The molecule has 1 N–H and O–H groups in total. The van der Waals surface area contributed by atoms with Crippen LogP contribution in [0.15, 0.2) is 34.4 Å². The number of halogens is 1. The quantitative estimate of drug-likeness (QED) is 0.638. The van der Waals surface area contributed by atoms with Crippen LogP contribution < -0.4 is 5.32 Å². The van der Waals surface area contributed by atoms with Crippen LogP contribution in [-0.4, -0.2) is 9.44 Å². The van der Waals surface area contributed by atoms with E-state index in [9.17, 15) is 4.79 Å². The van der Waals surface area contributed by atoms with Gasteiger partial charge in [0.15, 0.2) is 0 Å². The number of carbonyl (C=O) groups excluding carboxylic acids is 1. The second kappa shape index (κ2) is 4.47. The second-order valence-corrected chi connectivity index (χ2v) is 5.48. The fourth-order valence-corrected chi connectivity index (χ4v) is 2.49. The molecule has 0 amide bonds. The summed E-state index contributed by atoms with van der Waals surface area (Å²) in [5.41, 5.74) is 1.51. The van der Waals surface area contributed by atoms with E-state index in [0.717, 1.165) is 21.8 Å². The van der Waals surface area contributed by atoms with Crippen LogP contribution in [0.2, 0.25) is 0 Å². The molecule has 1 aromatic carbocycles. The Balaban J connectivity index is 2.31. The van der Waals surface area contributed by atoms with Crippen LogP contribution >= 0.6 is 39.9 Å². The van der Waals surface area contributed by atoms with Crippen molar-refractivity contribution in [2.24, 2.45) is 0 Å². The minimum absolute atomic E-state index is 0.0278. The minimum Gasteiger partial charge on any atom is -0.337 e. The van der Waals surface area contributed by atoms with Crippen molar-refractivity contribution in [1.82, 2.24) is 5.32 Å². The molecule has 0 aliphatic carbocycles. The molecular formula is C10H6BrNOS2. The number of nitrogens with one attached hydrogen (secondary N) is 1. The van der Waals surface area contributed by atoms with Gasteiger partial charge in [-0.15, -0.1) is 0 Å². The van der Waals surface area contributed by atoms with Crippen molar-refractivity contribution in [1.29, 1.82) is 0 Å². The van der Waals surface area contributed by atoms with Crippen molar-refractivity contribution in [3.05, 3.63) is 40.0 Å². The summed E-state index contributed by atoms with van der Waals surface area (Å²) in [5, 5.41) is 2.83. The lowest BCUT2D eigenvalue weighted by Gasteiger charge is -1.97. The van der Waals surface area contributed by atoms with Crippen molar-refractivity contribution in [2.75, 3.05) is 0 Å². The summed E-state index contributed by atoms with van der Waals surface area (Å²) in [7, 11) is 0. The van der Waals surface area contributed by atoms with Crippen LogP contribution in [0.3, 0.4) is 0 Å². The van der Waals surface area contributed by atoms with Crippen molar-refractivity contribution in [3.63, 3.8) is 0 Å². The Morgan fingerprint density at radius 3 is 2.87 bits per heavy atom. The zero-order chi connectivity index (χ0) is 10.8. The number of hydrogen-bond acceptors (Lipinski definition) is 3. The highest BCUT2D eigenvalue weighted by Gasteiger charge is 2.21. The number of benzene rings is 1. The van der Waals surface area contributed by atoms with E-state index < -0.39 is 0 Å². The van der Waals surface area contributed by atoms with E-state index in [4.69, 9.17) is 12.2 Å². The van der Waals surface area contributed by atoms with E-state index in [1.165, 1.54) is 0 Å². The van der Waals surface area contributed by atoms with Crippen molar-refractivity contribution in [3.8, 4) is 0 Å². The minimum atomic E-state index is -0.0278. The Morgan fingerprint density at radius 1 is 1.47 bits per heavy atom. The average Bonchev–Trinajstić information content (AvgIpc) is 2.45. The molecule has 0 saturated carbocycles. The first-order valence-corrected chi connectivity index (χ1v) is 6.17. The lowest BCUT2D eigenvalue weighted by atomic mass is 10.2. The first-order chi connectivity index (χ1) is 7.15. The van der Waals surface area contributed by atoms with Crippen LogP contribution in [-0.2, 0) is 4.79 Å². The SMILES string of the molecule is O=C1SC(=S)NC1=Cc1cccc(Br)c1. The highest BCUT2D eigenvalue weighted by atomic mass is 79.9. The van der Waals surface area contributed by atoms with E-state index in [2.05, 4.69) is 21.2 Å². The Hall–Kier alpha value is -0.650. The Morgan fingerprint density at radius 2 is 2.27 bits per heavy atom. The maximum absolute atomic E-state index is 11.4. The number of thioether (sulfide) groups is 1. The Bertz CT molecular complexity index is 470. The fourth-order valence-electron chi connectivity index (χ4n) is 1.18. The van der Waals surface area contributed by atoms with Crippen LogP contribution in [0.4, 0.5) is 0 Å². The monoisotopic (exact) mass is 299 g/mol. The molecule has 1 aliphatic rings. The molecule has 2 rings (SSSR count). The van der Waals surface area contributed by atoms with E-state index >= 15 is 0 Å². The molecule has 1 heterocycles. The van der Waals surface area contributed by atoms with Gasteiger partial charge in [0.1, 0.15) is 4.32 Å². The largest absolute Gasteiger partial charge is 0.337 e. The molecule has 0 bridgehead atoms. The summed E-state index contributed by atoms with van der Waals surface area (Å²) in [5.74, 6) is 0. The second-order valence-electron chi connectivity index (χ2n) is 2.91. The van der Waals surface area contributed by atoms with Crippen LogP contribution in [0.5, 0.6) is 0 Å². The van der Waals surface area contributed by atoms with Gasteiger partial charge >= 0.3 is 0 Å². The fraction of sp³-hybridized carbons (Fsp3) is 0. The normalized spacial score (nSPS) is 18.3. The summed E-state index contributed by atoms with van der Waals surface area (Å²) in [4.78, 5) is 11.4. The summed E-state index contributed by atoms with van der Waals surface area (Å²) in [6.07, 6.45) is 1.79. The van der Waals surface area contributed by atoms with Gasteiger partial charge in [-0.3, -0.25) is 4.79 Å². The molecule has 0 atom stereocenters. The van der Waals surface area contributed by atoms with E-state index in [1.807, 2.05) is 24.3 Å². The van der Waals surface area contributed by atoms with E-state index in [0.29, 0.717) is 10.0 Å². The molecule has 15 heavy (non-hydrogen) atoms. The molecular weight excluding hydrogens is 294 g/mol. The van der Waals surface area contributed by atoms with Crippen molar-refractivity contribution < 1.29 is 4.79 Å². The zero-order valence-corrected chi connectivity index (χ0v) is 10.7. The third kappa shape index (κ3) is 2.68. The van der Waals surface area contributed by atoms with Crippen LogP contribution in [0.1, 0.15) is 5.56 Å². The first kappa shape index (κ1) is 10.9. The summed E-state index contributed by atoms with van der Waals surface area (Å²) >= 11 is 9.32.